The summed E-state index contributed by atoms with van der Waals surface area (Å²) in [5, 5.41) is 3.55. The number of ether oxygens (including phenoxy) is 2. The largest absolute Gasteiger partial charge is 0.486 e. The number of nitrogens with zero attached hydrogens (tertiary/aromatic N) is 5. The van der Waals surface area contributed by atoms with Crippen molar-refractivity contribution in [1.29, 1.82) is 0 Å². The van der Waals surface area contributed by atoms with Gasteiger partial charge in [-0.2, -0.15) is 22.7 Å². The summed E-state index contributed by atoms with van der Waals surface area (Å²) in [5.41, 5.74) is 0.227. The maximum Gasteiger partial charge on any atom is 0.453 e. The molecule has 0 amide bonds. The van der Waals surface area contributed by atoms with Crippen molar-refractivity contribution in [1.82, 2.24) is 24.1 Å². The van der Waals surface area contributed by atoms with E-state index in [0.717, 1.165) is 4.52 Å². The molecule has 1 aliphatic heterocycles. The predicted molar refractivity (Wildman–Crippen MR) is 89.9 cm³/mol. The first-order valence-corrected chi connectivity index (χ1v) is 8.16. The average molecular weight is 389 g/mol. The number of halogens is 3. The molecule has 0 aliphatic carbocycles. The number of hydrogen-bond acceptors (Lipinski definition) is 6. The van der Waals surface area contributed by atoms with Crippen molar-refractivity contribution < 1.29 is 22.6 Å². The Bertz CT molecular complexity index is 1300. The fourth-order valence-corrected chi connectivity index (χ4v) is 3.02. The molecule has 0 N–H and O–H groups in total. The number of alkyl halides is 3. The minimum Gasteiger partial charge on any atom is -0.486 e. The van der Waals surface area contributed by atoms with Gasteiger partial charge in [-0.3, -0.25) is 9.36 Å². The molecule has 0 bridgehead atoms. The Kier molecular flexibility index (Phi) is 3.36. The van der Waals surface area contributed by atoms with Crippen LogP contribution in [0.2, 0.25) is 0 Å². The van der Waals surface area contributed by atoms with Crippen LogP contribution >= 0.6 is 0 Å². The molecule has 0 spiro atoms. The van der Waals surface area contributed by atoms with E-state index in [0.29, 0.717) is 30.4 Å². The van der Waals surface area contributed by atoms with Gasteiger partial charge in [0, 0.05) is 18.5 Å². The summed E-state index contributed by atoms with van der Waals surface area (Å²) < 4.78 is 51.9. The van der Waals surface area contributed by atoms with Crippen molar-refractivity contribution >= 4 is 16.7 Å². The van der Waals surface area contributed by atoms with E-state index in [1.54, 1.807) is 18.2 Å². The Morgan fingerprint density at radius 2 is 1.86 bits per heavy atom. The van der Waals surface area contributed by atoms with Gasteiger partial charge in [0.2, 0.25) is 0 Å². The monoisotopic (exact) mass is 389 g/mol. The van der Waals surface area contributed by atoms with E-state index < -0.39 is 17.6 Å². The molecule has 1 aliphatic rings. The quantitative estimate of drug-likeness (QED) is 0.497. The summed E-state index contributed by atoms with van der Waals surface area (Å²) in [6, 6.07) is 6.51. The number of aromatic nitrogens is 5. The van der Waals surface area contributed by atoms with E-state index in [1.165, 1.54) is 23.0 Å². The third-order valence-corrected chi connectivity index (χ3v) is 4.29. The smallest absolute Gasteiger partial charge is 0.453 e. The zero-order valence-corrected chi connectivity index (χ0v) is 14.0. The number of pyridine rings is 1. The number of benzene rings is 1. The standard InChI is InChI=1S/C17H10F3N5O3/c18-17(19,20)15-22-16-21-8-10-11(25(16)23-15)3-4-24(14(10)26)9-1-2-12-13(7-9)28-6-5-27-12/h1-4,7-8H,5-6H2. The molecule has 0 saturated carbocycles. The number of rotatable bonds is 1. The van der Waals surface area contributed by atoms with Crippen LogP contribution in [0.1, 0.15) is 5.82 Å². The van der Waals surface area contributed by atoms with Gasteiger partial charge in [0.25, 0.3) is 17.2 Å². The van der Waals surface area contributed by atoms with Crippen LogP contribution in [-0.4, -0.2) is 37.4 Å². The second kappa shape index (κ2) is 5.68. The molecule has 0 unspecified atom stereocenters. The minimum absolute atomic E-state index is 0.100. The second-order valence-electron chi connectivity index (χ2n) is 6.02. The Hall–Kier alpha value is -3.63. The first kappa shape index (κ1) is 16.5. The maximum absolute atomic E-state index is 12.9. The van der Waals surface area contributed by atoms with Crippen molar-refractivity contribution in [3.63, 3.8) is 0 Å². The van der Waals surface area contributed by atoms with Crippen LogP contribution in [-0.2, 0) is 6.18 Å². The number of fused-ring (bicyclic) bond motifs is 4. The van der Waals surface area contributed by atoms with Crippen LogP contribution in [0.15, 0.2) is 41.5 Å². The van der Waals surface area contributed by atoms with E-state index in [-0.39, 0.29) is 16.7 Å². The Morgan fingerprint density at radius 1 is 1.07 bits per heavy atom. The van der Waals surface area contributed by atoms with Crippen molar-refractivity contribution in [3.05, 3.63) is 52.8 Å². The van der Waals surface area contributed by atoms with Crippen molar-refractivity contribution in [2.45, 2.75) is 6.18 Å². The van der Waals surface area contributed by atoms with E-state index in [9.17, 15) is 18.0 Å². The van der Waals surface area contributed by atoms with Gasteiger partial charge in [-0.1, -0.05) is 0 Å². The molecule has 1 aromatic carbocycles. The van der Waals surface area contributed by atoms with Gasteiger partial charge in [0.15, 0.2) is 11.5 Å². The summed E-state index contributed by atoms with van der Waals surface area (Å²) in [4.78, 5) is 20.1. The SMILES string of the molecule is O=c1c2cnc3nc(C(F)(F)F)nn3c2ccn1-c1ccc2c(c1)OCCO2. The molecule has 0 saturated heterocycles. The van der Waals surface area contributed by atoms with Gasteiger partial charge in [0.1, 0.15) is 13.2 Å². The normalized spacial score (nSPS) is 14.0. The molecule has 3 aromatic heterocycles. The second-order valence-corrected chi connectivity index (χ2v) is 6.02. The summed E-state index contributed by atoms with van der Waals surface area (Å²) in [6.07, 6.45) is -2.07. The molecular formula is C17H10F3N5O3. The van der Waals surface area contributed by atoms with E-state index in [1.807, 2.05) is 0 Å². The molecule has 28 heavy (non-hydrogen) atoms. The van der Waals surface area contributed by atoms with Crippen molar-refractivity contribution in [2.24, 2.45) is 0 Å². The molecule has 8 nitrogen and oxygen atoms in total. The Morgan fingerprint density at radius 3 is 2.64 bits per heavy atom. The lowest BCUT2D eigenvalue weighted by atomic mass is 10.2. The van der Waals surface area contributed by atoms with Crippen LogP contribution in [0.5, 0.6) is 11.5 Å². The zero-order chi connectivity index (χ0) is 19.5. The molecule has 0 atom stereocenters. The summed E-state index contributed by atoms with van der Waals surface area (Å²) in [6.45, 7) is 0.848. The fraction of sp³-hybridized carbons (Fsp3) is 0.176. The molecule has 5 rings (SSSR count). The molecule has 4 heterocycles. The van der Waals surface area contributed by atoms with Crippen molar-refractivity contribution in [3.8, 4) is 17.2 Å². The maximum atomic E-state index is 12.9. The van der Waals surface area contributed by atoms with E-state index >= 15 is 0 Å². The zero-order valence-electron chi connectivity index (χ0n) is 14.0. The van der Waals surface area contributed by atoms with Crippen LogP contribution < -0.4 is 15.0 Å². The number of hydrogen-bond donors (Lipinski definition) is 0. The molecule has 0 radical (unpaired) electrons. The first-order valence-electron chi connectivity index (χ1n) is 8.16. The predicted octanol–water partition coefficient (Wildman–Crippen LogP) is 2.22. The van der Waals surface area contributed by atoms with Crippen LogP contribution in [0, 0.1) is 0 Å². The van der Waals surface area contributed by atoms with Crippen LogP contribution in [0.3, 0.4) is 0 Å². The highest BCUT2D eigenvalue weighted by molar-refractivity contribution is 5.79. The molecule has 142 valence electrons. The molecule has 0 fully saturated rings. The van der Waals surface area contributed by atoms with Gasteiger partial charge >= 0.3 is 6.18 Å². The molecular weight excluding hydrogens is 379 g/mol. The third-order valence-electron chi connectivity index (χ3n) is 4.29. The van der Waals surface area contributed by atoms with Gasteiger partial charge in [-0.25, -0.2) is 4.98 Å². The highest BCUT2D eigenvalue weighted by atomic mass is 19.4. The van der Waals surface area contributed by atoms with Gasteiger partial charge in [-0.15, -0.1) is 5.10 Å². The summed E-state index contributed by atoms with van der Waals surface area (Å²) in [7, 11) is 0. The van der Waals surface area contributed by atoms with Gasteiger partial charge in [0.05, 0.1) is 16.6 Å². The minimum atomic E-state index is -4.71. The third kappa shape index (κ3) is 2.47. The van der Waals surface area contributed by atoms with Crippen LogP contribution in [0.25, 0.3) is 22.4 Å². The first-order chi connectivity index (χ1) is 13.4. The lowest BCUT2D eigenvalue weighted by Crippen LogP contribution is -2.20. The Balaban J connectivity index is 1.69. The highest BCUT2D eigenvalue weighted by Gasteiger charge is 2.36. The lowest BCUT2D eigenvalue weighted by Gasteiger charge is -2.19. The summed E-state index contributed by atoms with van der Waals surface area (Å²) >= 11 is 0. The highest BCUT2D eigenvalue weighted by Crippen LogP contribution is 2.32. The van der Waals surface area contributed by atoms with Gasteiger partial charge < -0.3 is 9.47 Å². The Labute approximate surface area is 153 Å². The van der Waals surface area contributed by atoms with Crippen LogP contribution in [0.4, 0.5) is 13.2 Å². The molecule has 4 aromatic rings. The molecule has 11 heteroatoms. The van der Waals surface area contributed by atoms with E-state index in [4.69, 9.17) is 9.47 Å². The fourth-order valence-electron chi connectivity index (χ4n) is 3.02. The van der Waals surface area contributed by atoms with E-state index in [2.05, 4.69) is 15.1 Å². The lowest BCUT2D eigenvalue weighted by molar-refractivity contribution is -0.144. The average Bonchev–Trinajstić information content (AvgIpc) is 3.13. The topological polar surface area (TPSA) is 83.5 Å². The summed E-state index contributed by atoms with van der Waals surface area (Å²) in [5.74, 6) is -0.468. The van der Waals surface area contributed by atoms with Gasteiger partial charge in [-0.05, 0) is 18.2 Å². The van der Waals surface area contributed by atoms with Crippen molar-refractivity contribution in [2.75, 3.05) is 13.2 Å².